The molecule has 1 aliphatic heterocycles. The first-order valence-electron chi connectivity index (χ1n) is 13.1. The average molecular weight is 588 g/mol. The van der Waals surface area contributed by atoms with Gasteiger partial charge in [0.15, 0.2) is 0 Å². The van der Waals surface area contributed by atoms with Gasteiger partial charge in [-0.05, 0) is 64.2 Å². The van der Waals surface area contributed by atoms with Crippen LogP contribution >= 0.6 is 0 Å². The summed E-state index contributed by atoms with van der Waals surface area (Å²) in [6.45, 7) is 0.520. The smallest absolute Gasteiger partial charge is 0.269 e. The van der Waals surface area contributed by atoms with Gasteiger partial charge in [0, 0.05) is 31.8 Å². The van der Waals surface area contributed by atoms with Crippen LogP contribution < -0.4 is 10.6 Å². The van der Waals surface area contributed by atoms with Crippen LogP contribution in [-0.2, 0) is 27.9 Å². The molecule has 1 amide bonds. The molecule has 1 saturated heterocycles. The fraction of sp³-hybridized carbons (Fsp3) is 0.200. The van der Waals surface area contributed by atoms with Crippen molar-refractivity contribution >= 4 is 38.6 Å². The molecule has 5 rings (SSSR count). The van der Waals surface area contributed by atoms with Crippen molar-refractivity contribution < 1.29 is 22.9 Å². The SMILES string of the molecule is COc1ccc2ccc(S(=O)(=O)N(Cc3ccc([N+](=O)[O-])cc3)[C@H]3CCN(Cc4cccc(C=NN)c4)C3=O)cc2c1. The van der Waals surface area contributed by atoms with Crippen LogP contribution in [0.5, 0.6) is 5.75 Å². The largest absolute Gasteiger partial charge is 0.497 e. The van der Waals surface area contributed by atoms with Gasteiger partial charge in [-0.2, -0.15) is 9.41 Å². The van der Waals surface area contributed by atoms with Crippen LogP contribution in [0.1, 0.15) is 23.1 Å². The standard InChI is InChI=1S/C30H29N5O6S/c1-41-27-11-7-24-8-12-28(17-25(24)16-27)42(39,40)34(20-21-5-9-26(10-6-21)35(37)38)29-13-14-33(30(29)36)19-23-4-2-3-22(15-23)18-32-31/h2-12,15-18,29H,13-14,19-20,31H2,1H3/t29-/m0/s1. The third kappa shape index (κ3) is 5.94. The van der Waals surface area contributed by atoms with E-state index in [0.717, 1.165) is 16.5 Å². The summed E-state index contributed by atoms with van der Waals surface area (Å²) in [4.78, 5) is 26.0. The summed E-state index contributed by atoms with van der Waals surface area (Å²) in [6.07, 6.45) is 1.80. The Morgan fingerprint density at radius 1 is 1.05 bits per heavy atom. The van der Waals surface area contributed by atoms with Crippen LogP contribution in [-0.4, -0.2) is 54.4 Å². The Bertz CT molecular complexity index is 1780. The molecule has 4 aromatic rings. The summed E-state index contributed by atoms with van der Waals surface area (Å²) >= 11 is 0. The van der Waals surface area contributed by atoms with E-state index in [4.69, 9.17) is 10.6 Å². The number of nitro benzene ring substituents is 1. The fourth-order valence-electron chi connectivity index (χ4n) is 5.12. The van der Waals surface area contributed by atoms with Crippen molar-refractivity contribution in [2.24, 2.45) is 10.9 Å². The highest BCUT2D eigenvalue weighted by Gasteiger charge is 2.42. The number of sulfonamides is 1. The molecule has 216 valence electrons. The number of likely N-dealkylation sites (tertiary alicyclic amines) is 1. The first kappa shape index (κ1) is 28.7. The van der Waals surface area contributed by atoms with Gasteiger partial charge < -0.3 is 15.5 Å². The number of methoxy groups -OCH3 is 1. The van der Waals surface area contributed by atoms with E-state index in [9.17, 15) is 23.3 Å². The average Bonchev–Trinajstić information content (AvgIpc) is 3.34. The fourth-order valence-corrected chi connectivity index (χ4v) is 6.75. The molecular formula is C30H29N5O6S. The third-order valence-corrected chi connectivity index (χ3v) is 9.13. The van der Waals surface area contributed by atoms with Crippen molar-refractivity contribution in [1.29, 1.82) is 0 Å². The summed E-state index contributed by atoms with van der Waals surface area (Å²) in [6, 6.07) is 22.3. The molecule has 1 atom stereocenters. The maximum Gasteiger partial charge on any atom is 0.269 e. The van der Waals surface area contributed by atoms with E-state index in [0.29, 0.717) is 29.8 Å². The second-order valence-electron chi connectivity index (χ2n) is 9.94. The lowest BCUT2D eigenvalue weighted by atomic mass is 10.1. The normalized spacial score (nSPS) is 15.6. The van der Waals surface area contributed by atoms with E-state index in [1.54, 1.807) is 29.2 Å². The molecule has 12 heteroatoms. The summed E-state index contributed by atoms with van der Waals surface area (Å²) in [5.41, 5.74) is 2.05. The molecule has 1 aliphatic rings. The number of nitrogens with two attached hydrogens (primary N) is 1. The molecule has 0 bridgehead atoms. The van der Waals surface area contributed by atoms with E-state index in [-0.39, 0.29) is 29.5 Å². The van der Waals surface area contributed by atoms with Crippen LogP contribution in [0.3, 0.4) is 0 Å². The zero-order valence-electron chi connectivity index (χ0n) is 22.8. The highest BCUT2D eigenvalue weighted by molar-refractivity contribution is 7.89. The van der Waals surface area contributed by atoms with E-state index < -0.39 is 21.0 Å². The molecular weight excluding hydrogens is 558 g/mol. The summed E-state index contributed by atoms with van der Waals surface area (Å²) in [7, 11) is -2.65. The van der Waals surface area contributed by atoms with Crippen molar-refractivity contribution in [3.8, 4) is 5.75 Å². The van der Waals surface area contributed by atoms with Crippen molar-refractivity contribution in [1.82, 2.24) is 9.21 Å². The van der Waals surface area contributed by atoms with Crippen molar-refractivity contribution in [3.05, 3.63) is 112 Å². The maximum atomic E-state index is 14.2. The predicted molar refractivity (Wildman–Crippen MR) is 158 cm³/mol. The Hall–Kier alpha value is -4.81. The van der Waals surface area contributed by atoms with E-state index in [2.05, 4.69) is 5.10 Å². The first-order chi connectivity index (χ1) is 20.2. The highest BCUT2D eigenvalue weighted by atomic mass is 32.2. The molecule has 1 fully saturated rings. The molecule has 42 heavy (non-hydrogen) atoms. The van der Waals surface area contributed by atoms with Crippen LogP contribution in [0.4, 0.5) is 5.69 Å². The molecule has 0 aromatic heterocycles. The Morgan fingerprint density at radius 3 is 2.52 bits per heavy atom. The first-order valence-corrected chi connectivity index (χ1v) is 14.6. The van der Waals surface area contributed by atoms with E-state index in [1.807, 2.05) is 30.3 Å². The molecule has 0 spiro atoms. The number of hydrogen-bond acceptors (Lipinski definition) is 8. The van der Waals surface area contributed by atoms with Gasteiger partial charge >= 0.3 is 0 Å². The monoisotopic (exact) mass is 587 g/mol. The molecule has 0 aliphatic carbocycles. The minimum atomic E-state index is -4.18. The number of non-ortho nitro benzene ring substituents is 1. The molecule has 1 heterocycles. The number of rotatable bonds is 10. The lowest BCUT2D eigenvalue weighted by molar-refractivity contribution is -0.384. The number of carbonyl (C=O) groups excluding carboxylic acids is 1. The van der Waals surface area contributed by atoms with Gasteiger partial charge in [-0.25, -0.2) is 8.42 Å². The maximum absolute atomic E-state index is 14.2. The summed E-state index contributed by atoms with van der Waals surface area (Å²) < 4.78 is 34.9. The molecule has 0 unspecified atom stereocenters. The van der Waals surface area contributed by atoms with Gasteiger partial charge in [0.2, 0.25) is 15.9 Å². The van der Waals surface area contributed by atoms with Crippen molar-refractivity contribution in [2.75, 3.05) is 13.7 Å². The number of benzene rings is 4. The number of ether oxygens (including phenoxy) is 1. The highest BCUT2D eigenvalue weighted by Crippen LogP contribution is 2.31. The minimum Gasteiger partial charge on any atom is -0.497 e. The number of carbonyl (C=O) groups is 1. The molecule has 4 aromatic carbocycles. The lowest BCUT2D eigenvalue weighted by Crippen LogP contribution is -2.44. The van der Waals surface area contributed by atoms with Gasteiger partial charge in [0.1, 0.15) is 11.8 Å². The van der Waals surface area contributed by atoms with E-state index in [1.165, 1.54) is 48.0 Å². The van der Waals surface area contributed by atoms with Crippen LogP contribution in [0, 0.1) is 10.1 Å². The van der Waals surface area contributed by atoms with Gasteiger partial charge in [0.05, 0.1) is 23.1 Å². The number of nitrogens with zero attached hydrogens (tertiary/aromatic N) is 4. The Morgan fingerprint density at radius 2 is 1.81 bits per heavy atom. The molecule has 0 saturated carbocycles. The third-order valence-electron chi connectivity index (χ3n) is 7.28. The zero-order chi connectivity index (χ0) is 29.9. The van der Waals surface area contributed by atoms with Crippen molar-refractivity contribution in [3.63, 3.8) is 0 Å². The molecule has 2 N–H and O–H groups in total. The Balaban J connectivity index is 1.49. The quantitative estimate of drug-likeness (QED) is 0.127. The minimum absolute atomic E-state index is 0.0326. The van der Waals surface area contributed by atoms with E-state index >= 15 is 0 Å². The number of nitro groups is 1. The van der Waals surface area contributed by atoms with Gasteiger partial charge in [0.25, 0.3) is 5.69 Å². The molecule has 11 nitrogen and oxygen atoms in total. The number of amides is 1. The second kappa shape index (κ2) is 12.0. The molecule has 0 radical (unpaired) electrons. The second-order valence-corrected chi connectivity index (χ2v) is 11.8. The van der Waals surface area contributed by atoms with Crippen LogP contribution in [0.2, 0.25) is 0 Å². The summed E-state index contributed by atoms with van der Waals surface area (Å²) in [5.74, 6) is 5.54. The van der Waals surface area contributed by atoms with Crippen molar-refractivity contribution in [2.45, 2.75) is 30.4 Å². The number of hydrazone groups is 1. The van der Waals surface area contributed by atoms with Crippen LogP contribution in [0.25, 0.3) is 10.8 Å². The van der Waals surface area contributed by atoms with Crippen LogP contribution in [0.15, 0.2) is 94.9 Å². The van der Waals surface area contributed by atoms with Gasteiger partial charge in [-0.3, -0.25) is 14.9 Å². The Kier molecular flexibility index (Phi) is 8.18. The van der Waals surface area contributed by atoms with Gasteiger partial charge in [-0.1, -0.05) is 42.5 Å². The lowest BCUT2D eigenvalue weighted by Gasteiger charge is -2.28. The number of fused-ring (bicyclic) bond motifs is 1. The predicted octanol–water partition coefficient (Wildman–Crippen LogP) is 4.04. The topological polar surface area (TPSA) is 148 Å². The van der Waals surface area contributed by atoms with Gasteiger partial charge in [-0.15, -0.1) is 0 Å². The summed E-state index contributed by atoms with van der Waals surface area (Å²) in [5, 5.41) is 16.2. The number of hydrogen-bond donors (Lipinski definition) is 1. The Labute approximate surface area is 243 Å². The zero-order valence-corrected chi connectivity index (χ0v) is 23.6.